The Morgan fingerprint density at radius 1 is 0.595 bits per heavy atom. The van der Waals surface area contributed by atoms with E-state index in [1.54, 1.807) is 6.49 Å². The average Bonchev–Trinajstić information content (AvgIpc) is 3.37. The van der Waals surface area contributed by atoms with Crippen molar-refractivity contribution in [2.75, 3.05) is 0 Å². The number of hydrogen-bond donors (Lipinski definition) is 0. The van der Waals surface area contributed by atoms with Gasteiger partial charge in [-0.1, -0.05) is 0 Å². The summed E-state index contributed by atoms with van der Waals surface area (Å²) in [5.74, 6) is 0.506. The fourth-order valence-electron chi connectivity index (χ4n) is 5.97. The van der Waals surface area contributed by atoms with E-state index < -0.39 is 21.3 Å². The van der Waals surface area contributed by atoms with Crippen molar-refractivity contribution >= 4 is 3.21 Å². The summed E-state index contributed by atoms with van der Waals surface area (Å²) in [6.07, 6.45) is 2.57. The molecule has 0 radical (unpaired) electrons. The maximum Gasteiger partial charge on any atom is -1.00 e. The standard InChI is InChI=1S/C13H9.C13H10.C8H11.2ClH.Zr/c1-3-7-12-10(5-1)9-11-6-2-4-8-13(11)12;1-3-7-12(8-4-1)11-13-9-5-2-6-10-13;1-6-4-5-7(2)8(6)3;;;/h1-9H;1-10H;4,7H,1-3H3;2*1H;/q;;;;;+2/p-2. The summed E-state index contributed by atoms with van der Waals surface area (Å²) < 4.78 is 3.81. The van der Waals surface area contributed by atoms with Crippen LogP contribution in [0.25, 0.3) is 11.1 Å². The Hall–Kier alpha value is -2.31. The van der Waals surface area contributed by atoms with Crippen LogP contribution in [0.5, 0.6) is 0 Å². The fourth-order valence-corrected chi connectivity index (χ4v) is 15.9. The molecule has 4 aromatic rings. The fraction of sp³-hybridized carbons (Fsp3) is 0.147. The van der Waals surface area contributed by atoms with Gasteiger partial charge in [-0.25, -0.2) is 0 Å². The minimum Gasteiger partial charge on any atom is -1.00 e. The molecule has 0 bridgehead atoms. The maximum atomic E-state index is 2.57. The second-order valence-electron chi connectivity index (χ2n) is 9.82. The van der Waals surface area contributed by atoms with Crippen LogP contribution in [0.4, 0.5) is 0 Å². The summed E-state index contributed by atoms with van der Waals surface area (Å²) in [5.41, 5.74) is 11.7. The van der Waals surface area contributed by atoms with Crippen LogP contribution in [-0.2, 0) is 21.3 Å². The number of rotatable bonds is 4. The van der Waals surface area contributed by atoms with Gasteiger partial charge in [0.1, 0.15) is 0 Å². The van der Waals surface area contributed by atoms with Crippen LogP contribution in [-0.4, -0.2) is 3.21 Å². The van der Waals surface area contributed by atoms with Gasteiger partial charge in [0, 0.05) is 0 Å². The van der Waals surface area contributed by atoms with Crippen molar-refractivity contribution in [3.63, 3.8) is 0 Å². The molecule has 4 aromatic carbocycles. The number of hydrogen-bond acceptors (Lipinski definition) is 0. The van der Waals surface area contributed by atoms with Crippen LogP contribution < -0.4 is 24.8 Å². The Morgan fingerprint density at radius 2 is 1.03 bits per heavy atom. The average molecular weight is 601 g/mol. The zero-order chi connectivity index (χ0) is 23.9. The third-order valence-corrected chi connectivity index (χ3v) is 16.6. The summed E-state index contributed by atoms with van der Waals surface area (Å²) in [5, 5.41) is 0. The number of halogens is 2. The number of allylic oxidation sites excluding steroid dienone is 4. The molecular weight excluding hydrogens is 571 g/mol. The summed E-state index contributed by atoms with van der Waals surface area (Å²) in [4.78, 5) is 0. The van der Waals surface area contributed by atoms with Gasteiger partial charge in [-0.3, -0.25) is 0 Å². The van der Waals surface area contributed by atoms with E-state index in [9.17, 15) is 0 Å². The summed E-state index contributed by atoms with van der Waals surface area (Å²) in [6, 6.07) is 40.8. The monoisotopic (exact) mass is 598 g/mol. The first-order valence-corrected chi connectivity index (χ1v) is 16.5. The summed E-state index contributed by atoms with van der Waals surface area (Å²) in [7, 11) is 0. The van der Waals surface area contributed by atoms with Crippen molar-refractivity contribution in [2.45, 2.75) is 24.4 Å². The largest absolute Gasteiger partial charge is 1.00 e. The van der Waals surface area contributed by atoms with Gasteiger partial charge in [-0.2, -0.15) is 0 Å². The molecule has 0 amide bonds. The molecule has 184 valence electrons. The molecule has 2 aliphatic rings. The van der Waals surface area contributed by atoms with E-state index in [1.807, 2.05) is 0 Å². The number of benzene rings is 4. The topological polar surface area (TPSA) is 0 Å². The first-order valence-electron chi connectivity index (χ1n) is 12.6. The Balaban J connectivity index is 0.00000160. The van der Waals surface area contributed by atoms with Gasteiger partial charge < -0.3 is 24.8 Å². The normalized spacial score (nSPS) is 15.5. The third-order valence-electron chi connectivity index (χ3n) is 7.94. The van der Waals surface area contributed by atoms with E-state index in [0.29, 0.717) is 9.54 Å². The Bertz CT molecular complexity index is 1430. The molecule has 1 atom stereocenters. The summed E-state index contributed by atoms with van der Waals surface area (Å²) in [6.45, 7) is 7.09. The molecule has 0 saturated heterocycles. The first-order chi connectivity index (χ1) is 17.1. The van der Waals surface area contributed by atoms with Crippen molar-refractivity contribution in [1.82, 2.24) is 0 Å². The molecule has 0 aliphatic heterocycles. The molecule has 0 nitrogen and oxygen atoms in total. The molecular formula is C34H30Cl2Zr. The van der Waals surface area contributed by atoms with E-state index in [2.05, 4.69) is 136 Å². The van der Waals surface area contributed by atoms with Crippen LogP contribution >= 0.6 is 0 Å². The Labute approximate surface area is 241 Å². The molecule has 2 aliphatic carbocycles. The van der Waals surface area contributed by atoms with Gasteiger partial charge in [0.15, 0.2) is 0 Å². The van der Waals surface area contributed by atoms with Gasteiger partial charge in [0.25, 0.3) is 0 Å². The molecule has 37 heavy (non-hydrogen) atoms. The summed E-state index contributed by atoms with van der Waals surface area (Å²) >= 11 is -2.62. The zero-order valence-corrected chi connectivity index (χ0v) is 25.4. The van der Waals surface area contributed by atoms with Crippen molar-refractivity contribution < 1.29 is 46.1 Å². The SMILES string of the molecule is CC1=C(C)C(C)[C]([Zr+2](=[C](c2ccccc2)c2ccccc2)[CH]2c3ccccc3-c3ccccc32)=C1.[Cl-].[Cl-]. The van der Waals surface area contributed by atoms with E-state index >= 15 is 0 Å². The van der Waals surface area contributed by atoms with Crippen molar-refractivity contribution in [2.24, 2.45) is 5.92 Å². The van der Waals surface area contributed by atoms with E-state index in [4.69, 9.17) is 0 Å². The molecule has 0 spiro atoms. The Kier molecular flexibility index (Phi) is 8.70. The second-order valence-corrected chi connectivity index (χ2v) is 15.9. The van der Waals surface area contributed by atoms with Crippen LogP contribution in [0, 0.1) is 5.92 Å². The predicted molar refractivity (Wildman–Crippen MR) is 145 cm³/mol. The Morgan fingerprint density at radius 3 is 1.46 bits per heavy atom. The van der Waals surface area contributed by atoms with Crippen molar-refractivity contribution in [3.8, 4) is 11.1 Å². The molecule has 0 heterocycles. The van der Waals surface area contributed by atoms with Crippen LogP contribution in [0.3, 0.4) is 0 Å². The molecule has 3 heteroatoms. The van der Waals surface area contributed by atoms with Gasteiger partial charge in [-0.05, 0) is 0 Å². The smallest absolute Gasteiger partial charge is 1.00 e. The van der Waals surface area contributed by atoms with E-state index in [0.717, 1.165) is 0 Å². The van der Waals surface area contributed by atoms with Crippen LogP contribution in [0.15, 0.2) is 130 Å². The zero-order valence-electron chi connectivity index (χ0n) is 21.4. The quantitative estimate of drug-likeness (QED) is 0.338. The molecule has 0 aromatic heterocycles. The van der Waals surface area contributed by atoms with Gasteiger partial charge in [-0.15, -0.1) is 0 Å². The first kappa shape index (κ1) is 27.7. The van der Waals surface area contributed by atoms with Crippen LogP contribution in [0.1, 0.15) is 46.7 Å². The molecule has 1 unspecified atom stereocenters. The minimum atomic E-state index is -2.62. The van der Waals surface area contributed by atoms with Crippen molar-refractivity contribution in [1.29, 1.82) is 0 Å². The maximum absolute atomic E-state index is 2.62. The third kappa shape index (κ3) is 4.83. The van der Waals surface area contributed by atoms with E-state index in [1.165, 1.54) is 44.5 Å². The molecule has 0 saturated carbocycles. The van der Waals surface area contributed by atoms with E-state index in [-0.39, 0.29) is 24.8 Å². The van der Waals surface area contributed by atoms with Gasteiger partial charge in [0.05, 0.1) is 0 Å². The van der Waals surface area contributed by atoms with Gasteiger partial charge in [0.2, 0.25) is 0 Å². The molecule has 6 rings (SSSR count). The van der Waals surface area contributed by atoms with Gasteiger partial charge >= 0.3 is 218 Å². The van der Waals surface area contributed by atoms with Crippen LogP contribution in [0.2, 0.25) is 0 Å². The van der Waals surface area contributed by atoms with Crippen molar-refractivity contribution in [3.05, 3.63) is 152 Å². The molecule has 0 fully saturated rings. The second kappa shape index (κ2) is 11.6. The minimum absolute atomic E-state index is 0. The predicted octanol–water partition coefficient (Wildman–Crippen LogP) is 2.52. The number of fused-ring (bicyclic) bond motifs is 3. The molecule has 0 N–H and O–H groups in total.